The smallest absolute Gasteiger partial charge is 0.141 e. The van der Waals surface area contributed by atoms with Gasteiger partial charge in [0.2, 0.25) is 0 Å². The van der Waals surface area contributed by atoms with Crippen LogP contribution in [-0.2, 0) is 0 Å². The predicted molar refractivity (Wildman–Crippen MR) is 118 cm³/mol. The number of rotatable bonds is 4. The summed E-state index contributed by atoms with van der Waals surface area (Å²) in [6, 6.07) is 10.7. The molecule has 1 N–H and O–H groups in total. The van der Waals surface area contributed by atoms with E-state index in [1.807, 2.05) is 18.3 Å². The highest BCUT2D eigenvalue weighted by Crippen LogP contribution is 2.35. The maximum absolute atomic E-state index is 5.55. The second kappa shape index (κ2) is 8.24. The number of hydrogen-bond acceptors (Lipinski definition) is 6. The van der Waals surface area contributed by atoms with Crippen LogP contribution in [-0.4, -0.2) is 59.6 Å². The molecule has 2 unspecified atom stereocenters. The number of likely N-dealkylation sites (N-methyl/N-ethyl adjacent to an activating group) is 1. The van der Waals surface area contributed by atoms with Gasteiger partial charge in [0.05, 0.1) is 30.6 Å². The van der Waals surface area contributed by atoms with Crippen molar-refractivity contribution in [2.45, 2.75) is 31.3 Å². The Morgan fingerprint density at radius 1 is 1.03 bits per heavy atom. The van der Waals surface area contributed by atoms with Gasteiger partial charge < -0.3 is 19.9 Å². The highest BCUT2D eigenvalue weighted by atomic mass is 16.5. The van der Waals surface area contributed by atoms with Crippen molar-refractivity contribution < 1.29 is 4.74 Å². The van der Waals surface area contributed by atoms with Crippen LogP contribution in [0, 0.1) is 0 Å². The monoisotopic (exact) mass is 406 g/mol. The van der Waals surface area contributed by atoms with Gasteiger partial charge in [0.25, 0.3) is 0 Å². The lowest BCUT2D eigenvalue weighted by atomic mass is 9.94. The minimum absolute atomic E-state index is 0.182. The Hall–Kier alpha value is -2.64. The molecule has 2 aliphatic heterocycles. The minimum atomic E-state index is 0.182. The van der Waals surface area contributed by atoms with E-state index >= 15 is 0 Å². The van der Waals surface area contributed by atoms with Crippen molar-refractivity contribution in [1.82, 2.24) is 24.6 Å². The molecule has 7 nitrogen and oxygen atoms in total. The summed E-state index contributed by atoms with van der Waals surface area (Å²) in [5.41, 5.74) is 3.11. The van der Waals surface area contributed by atoms with Gasteiger partial charge in [-0.25, -0.2) is 4.98 Å². The van der Waals surface area contributed by atoms with Crippen molar-refractivity contribution in [3.05, 3.63) is 54.1 Å². The molecular formula is C23H30N6O. The first-order valence-electron chi connectivity index (χ1n) is 10.9. The molecule has 0 saturated carbocycles. The molecule has 158 valence electrons. The molecule has 5 rings (SSSR count). The van der Waals surface area contributed by atoms with Crippen LogP contribution in [0.25, 0.3) is 5.65 Å². The molecule has 7 heteroatoms. The lowest BCUT2D eigenvalue weighted by Gasteiger charge is -2.34. The number of anilines is 1. The molecule has 0 bridgehead atoms. The van der Waals surface area contributed by atoms with Crippen LogP contribution in [0.1, 0.15) is 42.7 Å². The molecule has 0 spiro atoms. The average molecular weight is 407 g/mol. The van der Waals surface area contributed by atoms with Gasteiger partial charge in [-0.05, 0) is 50.6 Å². The van der Waals surface area contributed by atoms with E-state index in [1.54, 1.807) is 7.11 Å². The van der Waals surface area contributed by atoms with Gasteiger partial charge in [-0.15, -0.1) is 0 Å². The van der Waals surface area contributed by atoms with Crippen LogP contribution in [0.4, 0.5) is 5.82 Å². The normalized spacial score (nSPS) is 23.1. The fourth-order valence-electron chi connectivity index (χ4n) is 4.70. The van der Waals surface area contributed by atoms with Crippen LogP contribution in [0.15, 0.2) is 42.7 Å². The SMILES string of the molecule is COc1cccnc1C1CCCC(c2cn3c(N4CCN(C)CC4)cccc3n2)N1. The zero-order valence-corrected chi connectivity index (χ0v) is 17.8. The van der Waals surface area contributed by atoms with Crippen LogP contribution >= 0.6 is 0 Å². The van der Waals surface area contributed by atoms with E-state index in [-0.39, 0.29) is 12.1 Å². The quantitative estimate of drug-likeness (QED) is 0.719. The summed E-state index contributed by atoms with van der Waals surface area (Å²) in [5, 5.41) is 3.79. The van der Waals surface area contributed by atoms with Gasteiger partial charge >= 0.3 is 0 Å². The number of nitrogens with zero attached hydrogens (tertiary/aromatic N) is 5. The second-order valence-corrected chi connectivity index (χ2v) is 8.36. The van der Waals surface area contributed by atoms with Crippen LogP contribution in [0.5, 0.6) is 5.75 Å². The summed E-state index contributed by atoms with van der Waals surface area (Å²) in [5.74, 6) is 2.08. The number of piperidine rings is 1. The topological polar surface area (TPSA) is 57.9 Å². The number of imidazole rings is 1. The first-order chi connectivity index (χ1) is 14.7. The van der Waals surface area contributed by atoms with Gasteiger partial charge in [0.15, 0.2) is 0 Å². The average Bonchev–Trinajstić information content (AvgIpc) is 3.24. The molecule has 2 atom stereocenters. The molecule has 0 radical (unpaired) electrons. The zero-order valence-electron chi connectivity index (χ0n) is 17.8. The standard InChI is InChI=1S/C23H30N6O/c1-27-12-14-28(15-13-27)22-10-4-9-21-26-19(16-29(21)22)17-6-3-7-18(25-17)23-20(30-2)8-5-11-24-23/h4-5,8-11,16-18,25H,3,6-7,12-15H2,1-2H3. The van der Waals surface area contributed by atoms with Gasteiger partial charge in [0, 0.05) is 38.6 Å². The highest BCUT2D eigenvalue weighted by molar-refractivity contribution is 5.53. The van der Waals surface area contributed by atoms with Crippen molar-refractivity contribution in [3.63, 3.8) is 0 Å². The van der Waals surface area contributed by atoms with Gasteiger partial charge in [-0.1, -0.05) is 6.07 Å². The third kappa shape index (κ3) is 3.63. The molecule has 3 aromatic rings. The number of piperazine rings is 1. The number of methoxy groups -OCH3 is 1. The highest BCUT2D eigenvalue weighted by Gasteiger charge is 2.28. The van der Waals surface area contributed by atoms with E-state index in [1.165, 1.54) is 5.82 Å². The summed E-state index contributed by atoms with van der Waals surface area (Å²) in [6.45, 7) is 4.28. The molecule has 0 amide bonds. The van der Waals surface area contributed by atoms with E-state index in [0.717, 1.165) is 68.2 Å². The maximum atomic E-state index is 5.55. The fraction of sp³-hybridized carbons (Fsp3) is 0.478. The second-order valence-electron chi connectivity index (χ2n) is 8.36. The maximum Gasteiger partial charge on any atom is 0.141 e. The molecule has 2 aliphatic rings. The minimum Gasteiger partial charge on any atom is -0.495 e. The summed E-state index contributed by atoms with van der Waals surface area (Å²) in [4.78, 5) is 14.4. The first kappa shape index (κ1) is 19.3. The Morgan fingerprint density at radius 3 is 2.70 bits per heavy atom. The van der Waals surface area contributed by atoms with Crippen molar-refractivity contribution in [3.8, 4) is 5.75 Å². The largest absolute Gasteiger partial charge is 0.495 e. The Kier molecular flexibility index (Phi) is 5.31. The molecule has 0 aliphatic carbocycles. The Bertz CT molecular complexity index is 1010. The summed E-state index contributed by atoms with van der Waals surface area (Å²) >= 11 is 0. The van der Waals surface area contributed by atoms with Crippen molar-refractivity contribution in [2.75, 3.05) is 45.2 Å². The Labute approximate surface area is 177 Å². The number of aromatic nitrogens is 3. The number of pyridine rings is 2. The third-order valence-corrected chi connectivity index (χ3v) is 6.41. The van der Waals surface area contributed by atoms with Gasteiger partial charge in [-0.2, -0.15) is 0 Å². The fourth-order valence-corrected chi connectivity index (χ4v) is 4.70. The van der Waals surface area contributed by atoms with E-state index in [2.05, 4.69) is 55.9 Å². The lowest BCUT2D eigenvalue weighted by molar-refractivity contribution is 0.309. The number of ether oxygens (including phenoxy) is 1. The lowest BCUT2D eigenvalue weighted by Crippen LogP contribution is -2.45. The van der Waals surface area contributed by atoms with E-state index < -0.39 is 0 Å². The van der Waals surface area contributed by atoms with Gasteiger partial charge in [-0.3, -0.25) is 9.38 Å². The summed E-state index contributed by atoms with van der Waals surface area (Å²) in [6.07, 6.45) is 7.35. The number of fused-ring (bicyclic) bond motifs is 1. The molecule has 3 aromatic heterocycles. The molecular weight excluding hydrogens is 376 g/mol. The zero-order chi connectivity index (χ0) is 20.5. The predicted octanol–water partition coefficient (Wildman–Crippen LogP) is 3.05. The Balaban J connectivity index is 1.41. The Morgan fingerprint density at radius 2 is 1.87 bits per heavy atom. The molecule has 30 heavy (non-hydrogen) atoms. The third-order valence-electron chi connectivity index (χ3n) is 6.41. The van der Waals surface area contributed by atoms with Crippen LogP contribution in [0.2, 0.25) is 0 Å². The molecule has 2 saturated heterocycles. The van der Waals surface area contributed by atoms with Gasteiger partial charge in [0.1, 0.15) is 17.2 Å². The number of hydrogen-bond donors (Lipinski definition) is 1. The summed E-state index contributed by atoms with van der Waals surface area (Å²) < 4.78 is 7.80. The molecule has 2 fully saturated rings. The van der Waals surface area contributed by atoms with Crippen molar-refractivity contribution >= 4 is 11.5 Å². The number of nitrogens with one attached hydrogen (secondary N) is 1. The van der Waals surface area contributed by atoms with Crippen LogP contribution in [0.3, 0.4) is 0 Å². The molecule has 0 aromatic carbocycles. The van der Waals surface area contributed by atoms with Crippen molar-refractivity contribution in [1.29, 1.82) is 0 Å². The first-order valence-corrected chi connectivity index (χ1v) is 10.9. The van der Waals surface area contributed by atoms with E-state index in [0.29, 0.717) is 0 Å². The van der Waals surface area contributed by atoms with Crippen LogP contribution < -0.4 is 15.0 Å². The van der Waals surface area contributed by atoms with E-state index in [4.69, 9.17) is 9.72 Å². The summed E-state index contributed by atoms with van der Waals surface area (Å²) in [7, 11) is 3.90. The van der Waals surface area contributed by atoms with E-state index in [9.17, 15) is 0 Å². The molecule has 5 heterocycles. The van der Waals surface area contributed by atoms with Crippen molar-refractivity contribution in [2.24, 2.45) is 0 Å².